The number of fused-ring (bicyclic) bond motifs is 1. The highest BCUT2D eigenvalue weighted by atomic mass is 32.1. The molecule has 7 heteroatoms. The Morgan fingerprint density at radius 2 is 1.51 bits per heavy atom. The molecule has 0 saturated carbocycles. The maximum atomic E-state index is 13.0. The lowest BCUT2D eigenvalue weighted by Gasteiger charge is -2.28. The van der Waals surface area contributed by atoms with E-state index >= 15 is 0 Å². The summed E-state index contributed by atoms with van der Waals surface area (Å²) < 4.78 is 4.95. The molecule has 3 aromatic rings. The fourth-order valence-electron chi connectivity index (χ4n) is 4.30. The number of esters is 1. The van der Waals surface area contributed by atoms with Gasteiger partial charge in [0.1, 0.15) is 6.04 Å². The van der Waals surface area contributed by atoms with Crippen LogP contribution in [-0.2, 0) is 16.1 Å². The molecule has 0 radical (unpaired) electrons. The Hall–Kier alpha value is -3.71. The van der Waals surface area contributed by atoms with Crippen molar-refractivity contribution in [2.75, 3.05) is 17.7 Å². The Morgan fingerprint density at radius 1 is 0.943 bits per heavy atom. The number of thiocarbonyl (C=S) groups is 1. The minimum Gasteiger partial charge on any atom is -0.467 e. The van der Waals surface area contributed by atoms with Crippen LogP contribution in [-0.4, -0.2) is 35.0 Å². The van der Waals surface area contributed by atoms with Crippen LogP contribution < -0.4 is 10.6 Å². The van der Waals surface area contributed by atoms with Crippen molar-refractivity contribution in [1.29, 1.82) is 0 Å². The van der Waals surface area contributed by atoms with Crippen molar-refractivity contribution in [3.05, 3.63) is 83.4 Å². The number of carbonyl (C=O) groups is 2. The Labute approximate surface area is 211 Å². The van der Waals surface area contributed by atoms with E-state index in [0.717, 1.165) is 28.1 Å². The first-order valence-electron chi connectivity index (χ1n) is 11.5. The minimum absolute atomic E-state index is 0.0493. The standard InChI is InChI=1S/C28H29N3O3S/c1-17(2)25(27(33)34-4)31-16-21-15-20(9-14-24(21)26(31)32)19-7-12-23(13-8-19)30-28(35)29-22-10-5-18(3)6-11-22/h5-15,17,25H,16H2,1-4H3,(H2,29,30,35)/t25-/m0/s1. The van der Waals surface area contributed by atoms with E-state index in [2.05, 4.69) is 10.6 Å². The highest BCUT2D eigenvalue weighted by Crippen LogP contribution is 2.32. The average molecular weight is 488 g/mol. The lowest BCUT2D eigenvalue weighted by molar-refractivity contribution is -0.147. The van der Waals surface area contributed by atoms with Gasteiger partial charge in [-0.15, -0.1) is 0 Å². The van der Waals surface area contributed by atoms with Gasteiger partial charge >= 0.3 is 5.97 Å². The molecule has 0 aromatic heterocycles. The smallest absolute Gasteiger partial charge is 0.328 e. The zero-order valence-electron chi connectivity index (χ0n) is 20.3. The summed E-state index contributed by atoms with van der Waals surface area (Å²) in [7, 11) is 1.35. The van der Waals surface area contributed by atoms with Gasteiger partial charge in [0, 0.05) is 23.5 Å². The summed E-state index contributed by atoms with van der Waals surface area (Å²) in [6.07, 6.45) is 0. The van der Waals surface area contributed by atoms with E-state index in [4.69, 9.17) is 17.0 Å². The summed E-state index contributed by atoms with van der Waals surface area (Å²) in [4.78, 5) is 26.9. The van der Waals surface area contributed by atoms with Crippen LogP contribution in [0.1, 0.15) is 35.3 Å². The minimum atomic E-state index is -0.605. The molecule has 1 amide bonds. The van der Waals surface area contributed by atoms with Crippen LogP contribution >= 0.6 is 12.2 Å². The van der Waals surface area contributed by atoms with Crippen LogP contribution in [0.3, 0.4) is 0 Å². The van der Waals surface area contributed by atoms with E-state index in [1.54, 1.807) is 4.90 Å². The van der Waals surface area contributed by atoms with Gasteiger partial charge in [0.15, 0.2) is 5.11 Å². The zero-order valence-corrected chi connectivity index (χ0v) is 21.1. The SMILES string of the molecule is COC(=O)[C@H](C(C)C)N1Cc2cc(-c3ccc(NC(=S)Nc4ccc(C)cc4)cc3)ccc2C1=O. The van der Waals surface area contributed by atoms with Crippen LogP contribution in [0.25, 0.3) is 11.1 Å². The number of anilines is 2. The van der Waals surface area contributed by atoms with E-state index in [9.17, 15) is 9.59 Å². The second kappa shape index (κ2) is 10.3. The highest BCUT2D eigenvalue weighted by Gasteiger charge is 2.38. The van der Waals surface area contributed by atoms with Gasteiger partial charge in [-0.25, -0.2) is 4.79 Å². The number of methoxy groups -OCH3 is 1. The highest BCUT2D eigenvalue weighted by molar-refractivity contribution is 7.80. The Kier molecular flexibility index (Phi) is 7.17. The van der Waals surface area contributed by atoms with Gasteiger partial charge in [-0.05, 0) is 78.1 Å². The fraction of sp³-hybridized carbons (Fsp3) is 0.250. The summed E-state index contributed by atoms with van der Waals surface area (Å²) in [5.74, 6) is -0.573. The first-order chi connectivity index (χ1) is 16.8. The number of nitrogens with zero attached hydrogens (tertiary/aromatic N) is 1. The number of hydrogen-bond donors (Lipinski definition) is 2. The lowest BCUT2D eigenvalue weighted by atomic mass is 10.0. The van der Waals surface area contributed by atoms with Crippen molar-refractivity contribution in [3.8, 4) is 11.1 Å². The van der Waals surface area contributed by atoms with Crippen LogP contribution in [0.2, 0.25) is 0 Å². The normalized spacial score (nSPS) is 13.4. The molecule has 35 heavy (non-hydrogen) atoms. The number of ether oxygens (including phenoxy) is 1. The van der Waals surface area contributed by atoms with Crippen molar-refractivity contribution in [2.24, 2.45) is 5.92 Å². The first-order valence-corrected chi connectivity index (χ1v) is 11.9. The maximum Gasteiger partial charge on any atom is 0.328 e. The zero-order chi connectivity index (χ0) is 25.1. The van der Waals surface area contributed by atoms with Gasteiger partial charge in [0.25, 0.3) is 5.91 Å². The number of nitrogens with one attached hydrogen (secondary N) is 2. The Morgan fingerprint density at radius 3 is 2.09 bits per heavy atom. The molecular formula is C28H29N3O3S. The quantitative estimate of drug-likeness (QED) is 0.347. The molecule has 6 nitrogen and oxygen atoms in total. The molecule has 0 aliphatic carbocycles. The van der Waals surface area contributed by atoms with Crippen LogP contribution in [0, 0.1) is 12.8 Å². The molecule has 0 saturated heterocycles. The molecule has 2 N–H and O–H groups in total. The van der Waals surface area contributed by atoms with E-state index in [1.165, 1.54) is 12.7 Å². The summed E-state index contributed by atoms with van der Waals surface area (Å²) in [5.41, 5.74) is 6.57. The van der Waals surface area contributed by atoms with Crippen molar-refractivity contribution in [3.63, 3.8) is 0 Å². The molecule has 1 heterocycles. The average Bonchev–Trinajstić information content (AvgIpc) is 3.16. The molecule has 0 fully saturated rings. The van der Waals surface area contributed by atoms with E-state index < -0.39 is 6.04 Å². The first kappa shape index (κ1) is 24.4. The number of amides is 1. The molecule has 0 bridgehead atoms. The summed E-state index contributed by atoms with van der Waals surface area (Å²) >= 11 is 5.43. The maximum absolute atomic E-state index is 13.0. The van der Waals surface area contributed by atoms with Crippen LogP contribution in [0.5, 0.6) is 0 Å². The molecule has 1 aliphatic heterocycles. The number of aryl methyl sites for hydroxylation is 1. The fourth-order valence-corrected chi connectivity index (χ4v) is 4.54. The predicted octanol–water partition coefficient (Wildman–Crippen LogP) is 5.62. The Bertz CT molecular complexity index is 1250. The Balaban J connectivity index is 1.46. The van der Waals surface area contributed by atoms with Crippen molar-refractivity contribution < 1.29 is 14.3 Å². The number of rotatable bonds is 6. The third-order valence-corrected chi connectivity index (χ3v) is 6.34. The van der Waals surface area contributed by atoms with E-state index in [0.29, 0.717) is 17.2 Å². The summed E-state index contributed by atoms with van der Waals surface area (Å²) in [5, 5.41) is 6.90. The third kappa shape index (κ3) is 5.35. The monoisotopic (exact) mass is 487 g/mol. The van der Waals surface area contributed by atoms with Crippen LogP contribution in [0.4, 0.5) is 11.4 Å². The molecule has 1 atom stereocenters. The topological polar surface area (TPSA) is 70.7 Å². The van der Waals surface area contributed by atoms with Crippen molar-refractivity contribution in [2.45, 2.75) is 33.4 Å². The van der Waals surface area contributed by atoms with E-state index in [1.807, 2.05) is 87.5 Å². The molecule has 0 spiro atoms. The second-order valence-corrected chi connectivity index (χ2v) is 9.45. The van der Waals surface area contributed by atoms with Gasteiger partial charge < -0.3 is 20.3 Å². The second-order valence-electron chi connectivity index (χ2n) is 9.04. The molecule has 4 rings (SSSR count). The third-order valence-electron chi connectivity index (χ3n) is 6.13. The van der Waals surface area contributed by atoms with E-state index in [-0.39, 0.29) is 17.8 Å². The van der Waals surface area contributed by atoms with Gasteiger partial charge in [-0.1, -0.05) is 49.7 Å². The predicted molar refractivity (Wildman–Crippen MR) is 143 cm³/mol. The van der Waals surface area contributed by atoms with Gasteiger partial charge in [0.2, 0.25) is 0 Å². The van der Waals surface area contributed by atoms with Gasteiger partial charge in [-0.2, -0.15) is 0 Å². The van der Waals surface area contributed by atoms with Crippen molar-refractivity contribution in [1.82, 2.24) is 4.90 Å². The molecule has 1 aliphatic rings. The largest absolute Gasteiger partial charge is 0.467 e. The van der Waals surface area contributed by atoms with Gasteiger partial charge in [0.05, 0.1) is 7.11 Å². The van der Waals surface area contributed by atoms with Crippen LogP contribution in [0.15, 0.2) is 66.7 Å². The number of benzene rings is 3. The number of carbonyl (C=O) groups excluding carboxylic acids is 2. The molecule has 180 valence electrons. The summed E-state index contributed by atoms with van der Waals surface area (Å²) in [6, 6.07) is 21.2. The summed E-state index contributed by atoms with van der Waals surface area (Å²) in [6.45, 7) is 6.27. The van der Waals surface area contributed by atoms with Gasteiger partial charge in [-0.3, -0.25) is 4.79 Å². The lowest BCUT2D eigenvalue weighted by Crippen LogP contribution is -2.45. The van der Waals surface area contributed by atoms with Crippen molar-refractivity contribution >= 4 is 40.6 Å². The molecule has 3 aromatic carbocycles. The molecule has 0 unspecified atom stereocenters. The molecular weight excluding hydrogens is 458 g/mol. The number of hydrogen-bond acceptors (Lipinski definition) is 4.